The number of aliphatic hydroxyl groups excluding tert-OH is 1. The van der Waals surface area contributed by atoms with E-state index >= 15 is 0 Å². The number of allylic oxidation sites excluding steroid dienone is 3. The van der Waals surface area contributed by atoms with E-state index in [4.69, 9.17) is 5.11 Å². The summed E-state index contributed by atoms with van der Waals surface area (Å²) >= 11 is 0. The van der Waals surface area contributed by atoms with E-state index in [9.17, 15) is 0 Å². The number of hydrogen-bond acceptors (Lipinski definition) is 1. The molecule has 0 aromatic heterocycles. The predicted octanol–water partition coefficient (Wildman–Crippen LogP) is 0.870. The molecule has 1 rings (SSSR count). The molecule has 1 heteroatoms. The van der Waals surface area contributed by atoms with Crippen molar-refractivity contribution in [2.75, 3.05) is 0 Å². The summed E-state index contributed by atoms with van der Waals surface area (Å²) < 4.78 is 0. The Morgan fingerprint density at radius 2 is 2.18 bits per heavy atom. The first-order valence-electron chi connectivity index (χ1n) is 3.39. The van der Waals surface area contributed by atoms with Gasteiger partial charge in [0.2, 0.25) is 0 Å². The first-order valence-corrected chi connectivity index (χ1v) is 3.39. The van der Waals surface area contributed by atoms with Crippen LogP contribution in [0.1, 0.15) is 6.42 Å². The molecule has 54 valence electrons. The standard InChI is InChI=1S/C10H8O/c11-10-8-6-4-2-1-3-5-7-9-10/h2,4,7,9-11H,1H2/b4-2-,9-7-. The Labute approximate surface area is 66.4 Å². The molecule has 0 saturated heterocycles. The zero-order chi connectivity index (χ0) is 7.94. The van der Waals surface area contributed by atoms with Gasteiger partial charge in [-0.1, -0.05) is 29.8 Å². The maximum Gasteiger partial charge on any atom is 0.134 e. The lowest BCUT2D eigenvalue weighted by Crippen LogP contribution is -1.95. The summed E-state index contributed by atoms with van der Waals surface area (Å²) in [6.45, 7) is 0. The lowest BCUT2D eigenvalue weighted by molar-refractivity contribution is 0.281. The van der Waals surface area contributed by atoms with Crippen LogP contribution in [0.15, 0.2) is 24.3 Å². The molecule has 0 fully saturated rings. The van der Waals surface area contributed by atoms with Gasteiger partial charge in [-0.2, -0.15) is 0 Å². The van der Waals surface area contributed by atoms with Crippen molar-refractivity contribution in [3.05, 3.63) is 24.3 Å². The molecule has 0 heterocycles. The Morgan fingerprint density at radius 3 is 3.09 bits per heavy atom. The van der Waals surface area contributed by atoms with Crippen molar-refractivity contribution < 1.29 is 5.11 Å². The summed E-state index contributed by atoms with van der Waals surface area (Å²) in [5, 5.41) is 9.07. The van der Waals surface area contributed by atoms with Gasteiger partial charge in [-0.3, -0.25) is 0 Å². The van der Waals surface area contributed by atoms with Crippen LogP contribution < -0.4 is 0 Å². The fraction of sp³-hybridized carbons (Fsp3) is 0.200. The molecule has 0 aliphatic heterocycles. The molecule has 1 N–H and O–H groups in total. The van der Waals surface area contributed by atoms with E-state index in [2.05, 4.69) is 23.7 Å². The quantitative estimate of drug-likeness (QED) is 0.500. The van der Waals surface area contributed by atoms with Gasteiger partial charge in [-0.25, -0.2) is 0 Å². The van der Waals surface area contributed by atoms with E-state index in [0.717, 1.165) is 6.42 Å². The maximum atomic E-state index is 9.07. The van der Waals surface area contributed by atoms with Crippen LogP contribution in [-0.2, 0) is 0 Å². The molecule has 1 aliphatic rings. The SMILES string of the molecule is OC1C#C/C=C\CC#C/C=C\1. The Balaban J connectivity index is 2.72. The molecule has 0 saturated carbocycles. The third-order valence-electron chi connectivity index (χ3n) is 1.12. The second-order valence-electron chi connectivity index (χ2n) is 2.02. The number of aliphatic hydroxyl groups is 1. The van der Waals surface area contributed by atoms with Crippen molar-refractivity contribution in [3.8, 4) is 23.7 Å². The highest BCUT2D eigenvalue weighted by atomic mass is 16.3. The average molecular weight is 144 g/mol. The van der Waals surface area contributed by atoms with Crippen molar-refractivity contribution >= 4 is 0 Å². The average Bonchev–Trinajstić information content (AvgIpc) is 2.03. The zero-order valence-corrected chi connectivity index (χ0v) is 6.04. The molecular formula is C10H8O. The third-order valence-corrected chi connectivity index (χ3v) is 1.12. The van der Waals surface area contributed by atoms with Gasteiger partial charge in [0.05, 0.1) is 0 Å². The van der Waals surface area contributed by atoms with E-state index in [1.165, 1.54) is 0 Å². The molecule has 1 aliphatic carbocycles. The largest absolute Gasteiger partial charge is 0.377 e. The van der Waals surface area contributed by atoms with Crippen molar-refractivity contribution in [2.45, 2.75) is 12.5 Å². The van der Waals surface area contributed by atoms with Gasteiger partial charge in [-0.15, -0.1) is 0 Å². The van der Waals surface area contributed by atoms with Gasteiger partial charge < -0.3 is 5.11 Å². The van der Waals surface area contributed by atoms with Crippen LogP contribution in [0.5, 0.6) is 0 Å². The van der Waals surface area contributed by atoms with Crippen LogP contribution in [-0.4, -0.2) is 11.2 Å². The van der Waals surface area contributed by atoms with Gasteiger partial charge in [0.25, 0.3) is 0 Å². The minimum Gasteiger partial charge on any atom is -0.377 e. The molecule has 0 aromatic carbocycles. The van der Waals surface area contributed by atoms with E-state index in [-0.39, 0.29) is 0 Å². The first kappa shape index (κ1) is 7.66. The summed E-state index contributed by atoms with van der Waals surface area (Å²) in [5.74, 6) is 11.0. The lowest BCUT2D eigenvalue weighted by atomic mass is 10.3. The number of hydrogen-bond donors (Lipinski definition) is 1. The fourth-order valence-corrected chi connectivity index (χ4v) is 0.615. The van der Waals surface area contributed by atoms with Gasteiger partial charge >= 0.3 is 0 Å². The first-order chi connectivity index (χ1) is 5.39. The van der Waals surface area contributed by atoms with Crippen LogP contribution in [0.25, 0.3) is 0 Å². The minimum atomic E-state index is -0.688. The highest BCUT2D eigenvalue weighted by Gasteiger charge is 1.87. The molecular weight excluding hydrogens is 136 g/mol. The van der Waals surface area contributed by atoms with Gasteiger partial charge in [0.1, 0.15) is 6.10 Å². The van der Waals surface area contributed by atoms with Crippen LogP contribution in [0.4, 0.5) is 0 Å². The Hall–Kier alpha value is -1.44. The van der Waals surface area contributed by atoms with Crippen molar-refractivity contribution in [1.29, 1.82) is 0 Å². The predicted molar refractivity (Wildman–Crippen MR) is 44.5 cm³/mol. The monoisotopic (exact) mass is 144 g/mol. The van der Waals surface area contributed by atoms with Crippen molar-refractivity contribution in [1.82, 2.24) is 0 Å². The highest BCUT2D eigenvalue weighted by Crippen LogP contribution is 1.86. The molecule has 1 unspecified atom stereocenters. The summed E-state index contributed by atoms with van der Waals surface area (Å²) in [7, 11) is 0. The molecule has 0 bridgehead atoms. The second kappa shape index (κ2) is 4.39. The van der Waals surface area contributed by atoms with Crippen LogP contribution in [0, 0.1) is 23.7 Å². The topological polar surface area (TPSA) is 20.2 Å². The maximum absolute atomic E-state index is 9.07. The number of rotatable bonds is 0. The van der Waals surface area contributed by atoms with E-state index in [0.29, 0.717) is 0 Å². The summed E-state index contributed by atoms with van der Waals surface area (Å²) in [6.07, 6.45) is 6.79. The Morgan fingerprint density at radius 1 is 1.27 bits per heavy atom. The summed E-state index contributed by atoms with van der Waals surface area (Å²) in [6, 6.07) is 0. The molecule has 0 radical (unpaired) electrons. The fourth-order valence-electron chi connectivity index (χ4n) is 0.615. The molecule has 1 atom stereocenters. The zero-order valence-electron chi connectivity index (χ0n) is 6.04. The van der Waals surface area contributed by atoms with Crippen LogP contribution >= 0.6 is 0 Å². The molecule has 1 nitrogen and oxygen atoms in total. The smallest absolute Gasteiger partial charge is 0.134 e. The molecule has 0 amide bonds. The van der Waals surface area contributed by atoms with E-state index in [1.807, 2.05) is 6.08 Å². The summed E-state index contributed by atoms with van der Waals surface area (Å²) in [4.78, 5) is 0. The van der Waals surface area contributed by atoms with Crippen LogP contribution in [0.2, 0.25) is 0 Å². The minimum absolute atomic E-state index is 0.688. The van der Waals surface area contributed by atoms with Crippen molar-refractivity contribution in [2.24, 2.45) is 0 Å². The highest BCUT2D eigenvalue weighted by molar-refractivity contribution is 5.27. The summed E-state index contributed by atoms with van der Waals surface area (Å²) in [5.41, 5.74) is 0. The molecule has 0 aromatic rings. The van der Waals surface area contributed by atoms with Gasteiger partial charge in [-0.05, 0) is 18.2 Å². The van der Waals surface area contributed by atoms with Crippen LogP contribution in [0.3, 0.4) is 0 Å². The second-order valence-corrected chi connectivity index (χ2v) is 2.02. The molecule has 11 heavy (non-hydrogen) atoms. The van der Waals surface area contributed by atoms with Crippen molar-refractivity contribution in [3.63, 3.8) is 0 Å². The Kier molecular flexibility index (Phi) is 3.06. The normalized spacial score (nSPS) is 26.8. The van der Waals surface area contributed by atoms with E-state index < -0.39 is 6.10 Å². The lowest BCUT2D eigenvalue weighted by Gasteiger charge is -1.89. The Bertz CT molecular complexity index is 288. The molecule has 0 spiro atoms. The van der Waals surface area contributed by atoms with E-state index in [1.54, 1.807) is 18.2 Å². The third kappa shape index (κ3) is 3.30. The van der Waals surface area contributed by atoms with Gasteiger partial charge in [0, 0.05) is 6.42 Å². The van der Waals surface area contributed by atoms with Gasteiger partial charge in [0.15, 0.2) is 0 Å².